The third-order valence-corrected chi connectivity index (χ3v) is 3.66. The molecule has 0 atom stereocenters. The molecule has 0 radical (unpaired) electrons. The molecule has 0 aliphatic carbocycles. The summed E-state index contributed by atoms with van der Waals surface area (Å²) >= 11 is 4.59. The van der Waals surface area contributed by atoms with Crippen LogP contribution in [0, 0.1) is 0 Å². The van der Waals surface area contributed by atoms with Gasteiger partial charge >= 0.3 is 0 Å². The van der Waals surface area contributed by atoms with E-state index in [9.17, 15) is 4.79 Å². The summed E-state index contributed by atoms with van der Waals surface area (Å²) in [5.74, 6) is 0.445. The van der Waals surface area contributed by atoms with Crippen molar-refractivity contribution in [1.82, 2.24) is 0 Å². The number of amidine groups is 1. The molecule has 1 aromatic rings. The number of aliphatic imine (C=N–C) groups is 1. The second kappa shape index (κ2) is 6.25. The normalized spacial score (nSPS) is 16.8. The van der Waals surface area contributed by atoms with Crippen molar-refractivity contribution in [1.29, 1.82) is 0 Å². The number of nitrogens with two attached hydrogens (primary N) is 1. The van der Waals surface area contributed by atoms with E-state index in [-0.39, 0.29) is 11.1 Å². The number of amides is 1. The molecule has 0 saturated heterocycles. The topological polar surface area (TPSA) is 64.7 Å². The van der Waals surface area contributed by atoms with E-state index in [0.29, 0.717) is 11.5 Å². The lowest BCUT2D eigenvalue weighted by atomic mass is 10.2. The Kier molecular flexibility index (Phi) is 4.66. The van der Waals surface area contributed by atoms with Crippen molar-refractivity contribution in [3.8, 4) is 5.75 Å². The van der Waals surface area contributed by atoms with Gasteiger partial charge in [0, 0.05) is 10.0 Å². The molecule has 0 unspecified atom stereocenters. The zero-order valence-electron chi connectivity index (χ0n) is 10.4. The first-order valence-electron chi connectivity index (χ1n) is 5.80. The molecule has 1 heterocycles. The summed E-state index contributed by atoms with van der Waals surface area (Å²) in [6, 6.07) is 5.68. The van der Waals surface area contributed by atoms with Crippen LogP contribution in [0.5, 0.6) is 5.75 Å². The number of thioether (sulfide) groups is 1. The molecule has 4 nitrogen and oxygen atoms in total. The number of rotatable bonds is 4. The third-order valence-electron chi connectivity index (χ3n) is 2.36. The van der Waals surface area contributed by atoms with Crippen LogP contribution in [0.3, 0.4) is 0 Å². The highest BCUT2D eigenvalue weighted by atomic mass is 79.9. The Labute approximate surface area is 124 Å². The molecular formula is C13H13BrN2O2S. The van der Waals surface area contributed by atoms with Crippen LogP contribution in [0.15, 0.2) is 32.6 Å². The minimum absolute atomic E-state index is 0.280. The Morgan fingerprint density at radius 3 is 2.95 bits per heavy atom. The third kappa shape index (κ3) is 3.61. The molecule has 1 aromatic carbocycles. The quantitative estimate of drug-likeness (QED) is 0.855. The van der Waals surface area contributed by atoms with Gasteiger partial charge in [0.05, 0.1) is 11.5 Å². The largest absolute Gasteiger partial charge is 0.493 e. The molecule has 1 amide bonds. The maximum atomic E-state index is 11.6. The molecule has 100 valence electrons. The predicted octanol–water partition coefficient (Wildman–Crippen LogP) is 3.17. The van der Waals surface area contributed by atoms with Gasteiger partial charge < -0.3 is 10.5 Å². The highest BCUT2D eigenvalue weighted by molar-refractivity contribution is 9.10. The predicted molar refractivity (Wildman–Crippen MR) is 82.1 cm³/mol. The molecule has 0 bridgehead atoms. The van der Waals surface area contributed by atoms with Crippen LogP contribution in [0.25, 0.3) is 6.08 Å². The van der Waals surface area contributed by atoms with Crippen LogP contribution < -0.4 is 10.5 Å². The highest BCUT2D eigenvalue weighted by Crippen LogP contribution is 2.31. The smallest absolute Gasteiger partial charge is 0.286 e. The van der Waals surface area contributed by atoms with Crippen molar-refractivity contribution in [3.63, 3.8) is 0 Å². The summed E-state index contributed by atoms with van der Waals surface area (Å²) in [4.78, 5) is 15.8. The van der Waals surface area contributed by atoms with Crippen molar-refractivity contribution in [2.24, 2.45) is 10.7 Å². The molecule has 2 N–H and O–H groups in total. The van der Waals surface area contributed by atoms with E-state index < -0.39 is 0 Å². The summed E-state index contributed by atoms with van der Waals surface area (Å²) in [6.45, 7) is 2.68. The summed E-state index contributed by atoms with van der Waals surface area (Å²) in [5, 5.41) is 0.280. The molecule has 1 aliphatic rings. The van der Waals surface area contributed by atoms with Gasteiger partial charge in [0.25, 0.3) is 5.91 Å². The first-order chi connectivity index (χ1) is 9.10. The van der Waals surface area contributed by atoms with E-state index in [1.165, 1.54) is 11.8 Å². The van der Waals surface area contributed by atoms with Crippen molar-refractivity contribution >= 4 is 44.8 Å². The number of benzene rings is 1. The van der Waals surface area contributed by atoms with Crippen LogP contribution in [-0.4, -0.2) is 17.7 Å². The van der Waals surface area contributed by atoms with Gasteiger partial charge in [-0.1, -0.05) is 22.9 Å². The van der Waals surface area contributed by atoms with E-state index in [1.807, 2.05) is 25.1 Å². The molecule has 0 saturated carbocycles. The number of carbonyl (C=O) groups excluding carboxylic acids is 1. The van der Waals surface area contributed by atoms with E-state index >= 15 is 0 Å². The maximum Gasteiger partial charge on any atom is 0.286 e. The zero-order valence-corrected chi connectivity index (χ0v) is 12.8. The Bertz CT molecular complexity index is 570. The van der Waals surface area contributed by atoms with Crippen LogP contribution >= 0.6 is 27.7 Å². The zero-order chi connectivity index (χ0) is 13.8. The lowest BCUT2D eigenvalue weighted by molar-refractivity contribution is -0.113. The number of hydrogen-bond acceptors (Lipinski definition) is 4. The molecule has 0 fully saturated rings. The number of halogens is 1. The molecule has 2 rings (SSSR count). The van der Waals surface area contributed by atoms with E-state index in [0.717, 1.165) is 22.2 Å². The van der Waals surface area contributed by atoms with Gasteiger partial charge in [-0.05, 0) is 42.5 Å². The standard InChI is InChI=1S/C13H13BrN2O2S/c1-2-5-18-10-4-3-9(14)6-8(10)7-11-12(17)16-13(15)19-11/h3-4,6-7H,2,5H2,1H3,(H2,15,16,17). The Morgan fingerprint density at radius 1 is 1.53 bits per heavy atom. The van der Waals surface area contributed by atoms with E-state index in [4.69, 9.17) is 10.5 Å². The summed E-state index contributed by atoms with van der Waals surface area (Å²) in [5.41, 5.74) is 6.36. The molecule has 0 spiro atoms. The Morgan fingerprint density at radius 2 is 2.32 bits per heavy atom. The second-order valence-electron chi connectivity index (χ2n) is 3.90. The SMILES string of the molecule is CCCOc1ccc(Br)cc1C=C1SC(N)=NC1=O. The molecule has 1 aliphatic heterocycles. The lowest BCUT2D eigenvalue weighted by Gasteiger charge is -2.09. The van der Waals surface area contributed by atoms with Crippen LogP contribution in [0.4, 0.5) is 0 Å². The second-order valence-corrected chi connectivity index (χ2v) is 5.87. The van der Waals surface area contributed by atoms with Gasteiger partial charge in [-0.15, -0.1) is 0 Å². The molecule has 6 heteroatoms. The number of ether oxygens (including phenoxy) is 1. The van der Waals surface area contributed by atoms with Crippen molar-refractivity contribution in [2.45, 2.75) is 13.3 Å². The minimum Gasteiger partial charge on any atom is -0.493 e. The highest BCUT2D eigenvalue weighted by Gasteiger charge is 2.20. The van der Waals surface area contributed by atoms with Crippen LogP contribution in [-0.2, 0) is 4.79 Å². The average molecular weight is 341 g/mol. The summed E-state index contributed by atoms with van der Waals surface area (Å²) in [7, 11) is 0. The maximum absolute atomic E-state index is 11.6. The monoisotopic (exact) mass is 340 g/mol. The molecule has 0 aromatic heterocycles. The molecule has 19 heavy (non-hydrogen) atoms. The van der Waals surface area contributed by atoms with Gasteiger partial charge in [0.15, 0.2) is 5.17 Å². The summed E-state index contributed by atoms with van der Waals surface area (Å²) < 4.78 is 6.58. The van der Waals surface area contributed by atoms with Gasteiger partial charge in [0.2, 0.25) is 0 Å². The fraction of sp³-hybridized carbons (Fsp3) is 0.231. The van der Waals surface area contributed by atoms with Gasteiger partial charge in [0.1, 0.15) is 5.75 Å². The number of hydrogen-bond donors (Lipinski definition) is 1. The molecular weight excluding hydrogens is 328 g/mol. The summed E-state index contributed by atoms with van der Waals surface area (Å²) in [6.07, 6.45) is 2.68. The number of nitrogens with zero attached hydrogens (tertiary/aromatic N) is 1. The van der Waals surface area contributed by atoms with Crippen molar-refractivity contribution < 1.29 is 9.53 Å². The van der Waals surface area contributed by atoms with Crippen LogP contribution in [0.1, 0.15) is 18.9 Å². The van der Waals surface area contributed by atoms with Gasteiger partial charge in [-0.3, -0.25) is 4.79 Å². The Hall–Kier alpha value is -1.27. The van der Waals surface area contributed by atoms with E-state index in [2.05, 4.69) is 20.9 Å². The lowest BCUT2D eigenvalue weighted by Crippen LogP contribution is -2.01. The van der Waals surface area contributed by atoms with Crippen LogP contribution in [0.2, 0.25) is 0 Å². The fourth-order valence-electron chi connectivity index (χ4n) is 1.54. The van der Waals surface area contributed by atoms with Gasteiger partial charge in [-0.25, -0.2) is 0 Å². The average Bonchev–Trinajstić information content (AvgIpc) is 2.67. The number of carbonyl (C=O) groups is 1. The minimum atomic E-state index is -0.302. The van der Waals surface area contributed by atoms with Crippen molar-refractivity contribution in [2.75, 3.05) is 6.61 Å². The Balaban J connectivity index is 2.31. The fourth-order valence-corrected chi connectivity index (χ4v) is 2.59. The first-order valence-corrected chi connectivity index (χ1v) is 7.41. The van der Waals surface area contributed by atoms with E-state index in [1.54, 1.807) is 6.08 Å². The van der Waals surface area contributed by atoms with Crippen molar-refractivity contribution in [3.05, 3.63) is 33.1 Å². The van der Waals surface area contributed by atoms with Gasteiger partial charge in [-0.2, -0.15) is 4.99 Å². The first kappa shape index (κ1) is 14.1.